The van der Waals surface area contributed by atoms with Crippen LogP contribution in [0.15, 0.2) is 18.2 Å². The molecule has 1 saturated heterocycles. The number of benzene rings is 1. The second-order valence-electron chi connectivity index (χ2n) is 5.65. The van der Waals surface area contributed by atoms with Gasteiger partial charge < -0.3 is 10.8 Å². The van der Waals surface area contributed by atoms with Gasteiger partial charge in [-0.15, -0.1) is 0 Å². The van der Waals surface area contributed by atoms with E-state index in [1.54, 1.807) is 18.2 Å². The summed E-state index contributed by atoms with van der Waals surface area (Å²) in [4.78, 5) is 0. The number of anilines is 1. The summed E-state index contributed by atoms with van der Waals surface area (Å²) < 4.78 is 24.7. The molecule has 0 spiro atoms. The molecular weight excluding hydrogens is 312 g/mol. The number of rotatable bonds is 4. The predicted octanol–water partition coefficient (Wildman–Crippen LogP) is 2.02. The van der Waals surface area contributed by atoms with Crippen molar-refractivity contribution in [3.8, 4) is 0 Å². The highest BCUT2D eigenvalue weighted by atomic mass is 35.5. The molecule has 1 aromatic carbocycles. The highest BCUT2D eigenvalue weighted by molar-refractivity contribution is 7.88. The van der Waals surface area contributed by atoms with Gasteiger partial charge in [-0.3, -0.25) is 0 Å². The Kier molecular flexibility index (Phi) is 5.14. The van der Waals surface area contributed by atoms with Gasteiger partial charge in [0.25, 0.3) is 0 Å². The van der Waals surface area contributed by atoms with Crippen molar-refractivity contribution < 1.29 is 13.5 Å². The molecule has 2 atom stereocenters. The quantitative estimate of drug-likeness (QED) is 0.826. The Balaban J connectivity index is 2.03. The van der Waals surface area contributed by atoms with Crippen LogP contribution in [0.5, 0.6) is 0 Å². The molecule has 2 unspecified atom stereocenters. The summed E-state index contributed by atoms with van der Waals surface area (Å²) in [7, 11) is -3.16. The fourth-order valence-electron chi connectivity index (χ4n) is 2.81. The van der Waals surface area contributed by atoms with Crippen LogP contribution in [0.1, 0.15) is 30.9 Å². The molecule has 118 valence electrons. The normalized spacial score (nSPS) is 22.1. The molecule has 0 aliphatic carbocycles. The van der Waals surface area contributed by atoms with Crippen molar-refractivity contribution in [1.82, 2.24) is 4.31 Å². The summed E-state index contributed by atoms with van der Waals surface area (Å²) in [5.41, 5.74) is 6.99. The third-order valence-corrected chi connectivity index (χ3v) is 5.42. The zero-order valence-electron chi connectivity index (χ0n) is 12.0. The van der Waals surface area contributed by atoms with Gasteiger partial charge in [0.15, 0.2) is 0 Å². The van der Waals surface area contributed by atoms with Crippen molar-refractivity contribution in [2.75, 3.05) is 25.1 Å². The Labute approximate surface area is 130 Å². The third kappa shape index (κ3) is 4.32. The van der Waals surface area contributed by atoms with Gasteiger partial charge in [-0.2, -0.15) is 0 Å². The van der Waals surface area contributed by atoms with Crippen LogP contribution in [0, 0.1) is 5.92 Å². The molecule has 2 rings (SSSR count). The van der Waals surface area contributed by atoms with E-state index in [9.17, 15) is 13.5 Å². The minimum atomic E-state index is -3.16. The largest absolute Gasteiger partial charge is 0.398 e. The molecule has 0 saturated carbocycles. The number of sulfonamides is 1. The monoisotopic (exact) mass is 332 g/mol. The van der Waals surface area contributed by atoms with Crippen LogP contribution in [0.25, 0.3) is 0 Å². The van der Waals surface area contributed by atoms with Crippen molar-refractivity contribution in [2.24, 2.45) is 5.92 Å². The number of aliphatic hydroxyl groups excluding tert-OH is 1. The molecular formula is C14H21ClN2O3S. The first-order chi connectivity index (χ1) is 9.77. The van der Waals surface area contributed by atoms with E-state index in [1.165, 1.54) is 10.6 Å². The van der Waals surface area contributed by atoms with E-state index in [2.05, 4.69) is 0 Å². The Morgan fingerprint density at radius 3 is 2.86 bits per heavy atom. The van der Waals surface area contributed by atoms with Crippen LogP contribution in [0.2, 0.25) is 5.02 Å². The average molecular weight is 333 g/mol. The van der Waals surface area contributed by atoms with E-state index in [0.717, 1.165) is 12.8 Å². The molecule has 1 aromatic rings. The Morgan fingerprint density at radius 1 is 1.52 bits per heavy atom. The first kappa shape index (κ1) is 16.5. The van der Waals surface area contributed by atoms with Crippen LogP contribution in [0.3, 0.4) is 0 Å². The van der Waals surface area contributed by atoms with Gasteiger partial charge in [0.2, 0.25) is 10.0 Å². The summed E-state index contributed by atoms with van der Waals surface area (Å²) in [6.45, 7) is 1.03. The van der Waals surface area contributed by atoms with E-state index in [-0.39, 0.29) is 5.92 Å². The fraction of sp³-hybridized carbons (Fsp3) is 0.571. The van der Waals surface area contributed by atoms with Crippen molar-refractivity contribution in [1.29, 1.82) is 0 Å². The summed E-state index contributed by atoms with van der Waals surface area (Å²) in [6.07, 6.45) is 2.75. The highest BCUT2D eigenvalue weighted by Crippen LogP contribution is 2.31. The average Bonchev–Trinajstić information content (AvgIpc) is 2.37. The van der Waals surface area contributed by atoms with Crippen molar-refractivity contribution in [3.63, 3.8) is 0 Å². The van der Waals surface area contributed by atoms with Gasteiger partial charge in [0, 0.05) is 29.4 Å². The molecule has 7 heteroatoms. The van der Waals surface area contributed by atoms with E-state index in [0.29, 0.717) is 35.8 Å². The van der Waals surface area contributed by atoms with E-state index in [1.807, 2.05) is 0 Å². The van der Waals surface area contributed by atoms with Gasteiger partial charge in [-0.05, 0) is 37.3 Å². The second-order valence-corrected chi connectivity index (χ2v) is 8.07. The van der Waals surface area contributed by atoms with Crippen LogP contribution < -0.4 is 5.73 Å². The minimum Gasteiger partial charge on any atom is -0.398 e. The Morgan fingerprint density at radius 2 is 2.24 bits per heavy atom. The number of hydrogen-bond donors (Lipinski definition) is 2. The molecule has 0 aromatic heterocycles. The SMILES string of the molecule is CS(=O)(=O)N1CCCC(CC(O)c2ccc(Cl)cc2N)C1. The summed E-state index contributed by atoms with van der Waals surface area (Å²) in [5, 5.41) is 10.9. The van der Waals surface area contributed by atoms with Gasteiger partial charge in [0.05, 0.1) is 12.4 Å². The first-order valence-electron chi connectivity index (χ1n) is 6.95. The molecule has 0 radical (unpaired) electrons. The molecule has 1 heterocycles. The van der Waals surface area contributed by atoms with E-state index in [4.69, 9.17) is 17.3 Å². The Bertz CT molecular complexity index is 606. The maximum atomic E-state index is 11.6. The lowest BCUT2D eigenvalue weighted by Gasteiger charge is -2.32. The molecule has 21 heavy (non-hydrogen) atoms. The van der Waals surface area contributed by atoms with Gasteiger partial charge in [0.1, 0.15) is 0 Å². The predicted molar refractivity (Wildman–Crippen MR) is 84.6 cm³/mol. The molecule has 1 aliphatic heterocycles. The third-order valence-electron chi connectivity index (χ3n) is 3.92. The molecule has 1 fully saturated rings. The molecule has 5 nitrogen and oxygen atoms in total. The molecule has 0 bridgehead atoms. The number of aliphatic hydroxyl groups is 1. The minimum absolute atomic E-state index is 0.138. The van der Waals surface area contributed by atoms with Crippen LogP contribution in [-0.2, 0) is 10.0 Å². The molecule has 3 N–H and O–H groups in total. The fourth-order valence-corrected chi connectivity index (χ4v) is 3.94. The number of nitrogen functional groups attached to an aromatic ring is 1. The van der Waals surface area contributed by atoms with E-state index >= 15 is 0 Å². The summed E-state index contributed by atoms with van der Waals surface area (Å²) in [5.74, 6) is 0.138. The van der Waals surface area contributed by atoms with Crippen molar-refractivity contribution in [3.05, 3.63) is 28.8 Å². The highest BCUT2D eigenvalue weighted by Gasteiger charge is 2.28. The lowest BCUT2D eigenvalue weighted by molar-refractivity contribution is 0.123. The standard InChI is InChI=1S/C14H21ClN2O3S/c1-21(19,20)17-6-2-3-10(9-17)7-14(18)12-5-4-11(15)8-13(12)16/h4-5,8,10,14,18H,2-3,6-7,9,16H2,1H3. The molecule has 0 amide bonds. The second kappa shape index (κ2) is 6.52. The lowest BCUT2D eigenvalue weighted by Crippen LogP contribution is -2.39. The van der Waals surface area contributed by atoms with Gasteiger partial charge in [-0.25, -0.2) is 12.7 Å². The van der Waals surface area contributed by atoms with Crippen LogP contribution in [-0.4, -0.2) is 37.2 Å². The van der Waals surface area contributed by atoms with Crippen LogP contribution in [0.4, 0.5) is 5.69 Å². The maximum absolute atomic E-state index is 11.6. The number of hydrogen-bond acceptors (Lipinski definition) is 4. The number of nitrogens with zero attached hydrogens (tertiary/aromatic N) is 1. The lowest BCUT2D eigenvalue weighted by atomic mass is 9.90. The van der Waals surface area contributed by atoms with E-state index < -0.39 is 16.1 Å². The topological polar surface area (TPSA) is 83.6 Å². The maximum Gasteiger partial charge on any atom is 0.211 e. The summed E-state index contributed by atoms with van der Waals surface area (Å²) >= 11 is 5.85. The number of halogens is 1. The zero-order valence-corrected chi connectivity index (χ0v) is 13.6. The first-order valence-corrected chi connectivity index (χ1v) is 9.18. The Hall–Kier alpha value is -0.820. The van der Waals surface area contributed by atoms with Crippen molar-refractivity contribution >= 4 is 27.3 Å². The van der Waals surface area contributed by atoms with Gasteiger partial charge in [-0.1, -0.05) is 17.7 Å². The smallest absolute Gasteiger partial charge is 0.211 e. The number of nitrogens with two attached hydrogens (primary N) is 1. The van der Waals surface area contributed by atoms with Crippen molar-refractivity contribution in [2.45, 2.75) is 25.4 Å². The summed E-state index contributed by atoms with van der Waals surface area (Å²) in [6, 6.07) is 5.03. The molecule has 1 aliphatic rings. The van der Waals surface area contributed by atoms with Crippen LogP contribution >= 0.6 is 11.6 Å². The van der Waals surface area contributed by atoms with Gasteiger partial charge >= 0.3 is 0 Å². The number of piperidine rings is 1. The zero-order chi connectivity index (χ0) is 15.6.